The van der Waals surface area contributed by atoms with Gasteiger partial charge in [-0.3, -0.25) is 30.4 Å². The smallest absolute Gasteiger partial charge is 0.301 e. The van der Waals surface area contributed by atoms with Gasteiger partial charge in [0.2, 0.25) is 11.6 Å². The summed E-state index contributed by atoms with van der Waals surface area (Å²) in [5.74, 6) is -0.202. The molecular formula is C16H15N5O5. The molecule has 1 amide bonds. The Hall–Kier alpha value is -3.82. The molecule has 0 unspecified atom stereocenters. The van der Waals surface area contributed by atoms with Crippen molar-refractivity contribution < 1.29 is 14.6 Å². The zero-order chi connectivity index (χ0) is 19.3. The number of rotatable bonds is 6. The molecule has 0 radical (unpaired) electrons. The Morgan fingerprint density at radius 2 is 1.62 bits per heavy atom. The molecule has 2 aromatic carbocycles. The zero-order valence-corrected chi connectivity index (χ0v) is 13.9. The molecule has 10 heteroatoms. The van der Waals surface area contributed by atoms with E-state index in [0.29, 0.717) is 16.8 Å². The molecule has 0 bridgehead atoms. The maximum absolute atomic E-state index is 11.2. The van der Waals surface area contributed by atoms with Crippen LogP contribution in [0.5, 0.6) is 0 Å². The molecule has 0 fully saturated rings. The second kappa shape index (κ2) is 7.83. The van der Waals surface area contributed by atoms with Gasteiger partial charge in [0.15, 0.2) is 0 Å². The highest BCUT2D eigenvalue weighted by Crippen LogP contribution is 2.35. The van der Waals surface area contributed by atoms with Gasteiger partial charge < -0.3 is 5.32 Å². The maximum Gasteiger partial charge on any atom is 0.301 e. The van der Waals surface area contributed by atoms with Crippen LogP contribution in [0.4, 0.5) is 22.7 Å². The van der Waals surface area contributed by atoms with Crippen LogP contribution in [0.1, 0.15) is 18.1 Å². The summed E-state index contributed by atoms with van der Waals surface area (Å²) in [6, 6.07) is 9.09. The molecule has 26 heavy (non-hydrogen) atoms. The highest BCUT2D eigenvalue weighted by atomic mass is 16.6. The standard InChI is InChI=1S/C16H15N5O5/c1-10-7-14(20(23)24)16(15(8-10)21(25)26)19-17-9-12-3-5-13(6-4-12)18-11(2)22/h3-9,19H,1-2H3,(H,18,22). The van der Waals surface area contributed by atoms with Gasteiger partial charge in [-0.2, -0.15) is 5.10 Å². The lowest BCUT2D eigenvalue weighted by atomic mass is 10.1. The summed E-state index contributed by atoms with van der Waals surface area (Å²) in [7, 11) is 0. The molecule has 0 atom stereocenters. The number of nitro benzene ring substituents is 2. The summed E-state index contributed by atoms with van der Waals surface area (Å²) in [5, 5.41) is 28.8. The second-order valence-electron chi connectivity index (χ2n) is 5.37. The predicted octanol–water partition coefficient (Wildman–Crippen LogP) is 3.22. The second-order valence-corrected chi connectivity index (χ2v) is 5.37. The lowest BCUT2D eigenvalue weighted by molar-refractivity contribution is -0.392. The first-order valence-electron chi connectivity index (χ1n) is 7.38. The van der Waals surface area contributed by atoms with Crippen LogP contribution in [-0.4, -0.2) is 22.0 Å². The average Bonchev–Trinajstić information content (AvgIpc) is 2.56. The molecule has 10 nitrogen and oxygen atoms in total. The van der Waals surface area contributed by atoms with E-state index in [0.717, 1.165) is 0 Å². The van der Waals surface area contributed by atoms with Crippen molar-refractivity contribution in [3.63, 3.8) is 0 Å². The van der Waals surface area contributed by atoms with Crippen LogP contribution in [0.15, 0.2) is 41.5 Å². The summed E-state index contributed by atoms with van der Waals surface area (Å²) in [5.41, 5.74) is 2.85. The van der Waals surface area contributed by atoms with E-state index in [-0.39, 0.29) is 11.6 Å². The van der Waals surface area contributed by atoms with Gasteiger partial charge in [0, 0.05) is 24.7 Å². The van der Waals surface area contributed by atoms with Gasteiger partial charge in [-0.1, -0.05) is 12.1 Å². The molecule has 0 aliphatic rings. The van der Waals surface area contributed by atoms with Crippen molar-refractivity contribution in [3.05, 3.63) is 67.8 Å². The van der Waals surface area contributed by atoms with Crippen LogP contribution in [0, 0.1) is 27.2 Å². The Morgan fingerprint density at radius 3 is 2.08 bits per heavy atom. The van der Waals surface area contributed by atoms with Crippen LogP contribution < -0.4 is 10.7 Å². The van der Waals surface area contributed by atoms with Crippen molar-refractivity contribution >= 4 is 34.9 Å². The summed E-state index contributed by atoms with van der Waals surface area (Å²) in [6.07, 6.45) is 1.35. The van der Waals surface area contributed by atoms with Gasteiger partial charge >= 0.3 is 11.4 Å². The molecule has 2 rings (SSSR count). The first-order chi connectivity index (χ1) is 12.3. The van der Waals surface area contributed by atoms with Crippen molar-refractivity contribution in [2.24, 2.45) is 5.10 Å². The SMILES string of the molecule is CC(=O)Nc1ccc(C=NNc2c([N+](=O)[O-])cc(C)cc2[N+](=O)[O-])cc1. The molecule has 0 heterocycles. The number of carbonyl (C=O) groups is 1. The predicted molar refractivity (Wildman–Crippen MR) is 96.5 cm³/mol. The lowest BCUT2D eigenvalue weighted by Gasteiger charge is -2.05. The number of hydrazone groups is 1. The number of aryl methyl sites for hydroxylation is 1. The van der Waals surface area contributed by atoms with Crippen molar-refractivity contribution in [1.29, 1.82) is 0 Å². The Morgan fingerprint density at radius 1 is 1.08 bits per heavy atom. The Labute approximate surface area is 147 Å². The van der Waals surface area contributed by atoms with E-state index in [1.165, 1.54) is 32.2 Å². The van der Waals surface area contributed by atoms with Crippen molar-refractivity contribution in [1.82, 2.24) is 0 Å². The number of nitrogens with one attached hydrogen (secondary N) is 2. The minimum atomic E-state index is -0.708. The third-order valence-electron chi connectivity index (χ3n) is 3.26. The first kappa shape index (κ1) is 18.5. The van der Waals surface area contributed by atoms with E-state index < -0.39 is 21.2 Å². The average molecular weight is 357 g/mol. The van der Waals surface area contributed by atoms with E-state index in [4.69, 9.17) is 0 Å². The molecule has 134 valence electrons. The maximum atomic E-state index is 11.2. The van der Waals surface area contributed by atoms with Gasteiger partial charge in [0.05, 0.1) is 16.1 Å². The number of nitrogens with zero attached hydrogens (tertiary/aromatic N) is 3. The molecule has 0 saturated carbocycles. The van der Waals surface area contributed by atoms with Gasteiger partial charge in [-0.25, -0.2) is 0 Å². The summed E-state index contributed by atoms with van der Waals surface area (Å²) >= 11 is 0. The first-order valence-corrected chi connectivity index (χ1v) is 7.38. The highest BCUT2D eigenvalue weighted by Gasteiger charge is 2.25. The third-order valence-corrected chi connectivity index (χ3v) is 3.26. The summed E-state index contributed by atoms with van der Waals surface area (Å²) in [4.78, 5) is 31.9. The van der Waals surface area contributed by atoms with Gasteiger partial charge in [0.1, 0.15) is 0 Å². The van der Waals surface area contributed by atoms with E-state index in [2.05, 4.69) is 15.8 Å². The molecule has 0 aliphatic heterocycles. The number of benzene rings is 2. The monoisotopic (exact) mass is 357 g/mol. The molecule has 0 saturated heterocycles. The molecule has 2 N–H and O–H groups in total. The van der Waals surface area contributed by atoms with Crippen LogP contribution >= 0.6 is 0 Å². The zero-order valence-electron chi connectivity index (χ0n) is 13.9. The van der Waals surface area contributed by atoms with E-state index in [9.17, 15) is 25.0 Å². The Balaban J connectivity index is 2.25. The fourth-order valence-electron chi connectivity index (χ4n) is 2.18. The number of amides is 1. The minimum Gasteiger partial charge on any atom is -0.326 e. The number of anilines is 2. The van der Waals surface area contributed by atoms with Gasteiger partial charge in [0.25, 0.3) is 0 Å². The highest BCUT2D eigenvalue weighted by molar-refractivity contribution is 5.89. The van der Waals surface area contributed by atoms with Crippen molar-refractivity contribution in [3.8, 4) is 0 Å². The normalized spacial score (nSPS) is 10.5. The van der Waals surface area contributed by atoms with Gasteiger partial charge in [-0.05, 0) is 30.2 Å². The van der Waals surface area contributed by atoms with E-state index in [1.807, 2.05) is 0 Å². The number of nitro groups is 2. The topological polar surface area (TPSA) is 140 Å². The lowest BCUT2D eigenvalue weighted by Crippen LogP contribution is -2.05. The molecule has 0 spiro atoms. The van der Waals surface area contributed by atoms with Crippen LogP contribution in [0.25, 0.3) is 0 Å². The van der Waals surface area contributed by atoms with E-state index >= 15 is 0 Å². The van der Waals surface area contributed by atoms with Gasteiger partial charge in [-0.15, -0.1) is 0 Å². The third kappa shape index (κ3) is 4.60. The van der Waals surface area contributed by atoms with Crippen molar-refractivity contribution in [2.45, 2.75) is 13.8 Å². The molecule has 2 aromatic rings. The Kier molecular flexibility index (Phi) is 5.58. The largest absolute Gasteiger partial charge is 0.326 e. The Bertz CT molecular complexity index is 857. The summed E-state index contributed by atoms with van der Waals surface area (Å²) in [6.45, 7) is 2.92. The van der Waals surface area contributed by atoms with Crippen LogP contribution in [0.2, 0.25) is 0 Å². The van der Waals surface area contributed by atoms with E-state index in [1.54, 1.807) is 24.3 Å². The number of hydrogen-bond donors (Lipinski definition) is 2. The molecule has 0 aromatic heterocycles. The van der Waals surface area contributed by atoms with Crippen molar-refractivity contribution in [2.75, 3.05) is 10.7 Å². The number of carbonyl (C=O) groups excluding carboxylic acids is 1. The summed E-state index contributed by atoms with van der Waals surface area (Å²) < 4.78 is 0. The minimum absolute atomic E-state index is 0.202. The molecule has 0 aliphatic carbocycles. The van der Waals surface area contributed by atoms with Crippen LogP contribution in [0.3, 0.4) is 0 Å². The number of hydrogen-bond acceptors (Lipinski definition) is 7. The van der Waals surface area contributed by atoms with Crippen LogP contribution in [-0.2, 0) is 4.79 Å². The molecular weight excluding hydrogens is 342 g/mol. The fraction of sp³-hybridized carbons (Fsp3) is 0.125. The quantitative estimate of drug-likeness (QED) is 0.462. The fourth-order valence-corrected chi connectivity index (χ4v) is 2.18.